The van der Waals surface area contributed by atoms with Gasteiger partial charge in [0.05, 0.1) is 17.1 Å². The molecule has 3 rings (SSSR count). The second-order valence-electron chi connectivity index (χ2n) is 4.58. The van der Waals surface area contributed by atoms with Crippen molar-refractivity contribution < 1.29 is 0 Å². The summed E-state index contributed by atoms with van der Waals surface area (Å²) in [7, 11) is 0. The summed E-state index contributed by atoms with van der Waals surface area (Å²) in [5.74, 6) is 0. The van der Waals surface area contributed by atoms with Crippen LogP contribution >= 0.6 is 0 Å². The fourth-order valence-electron chi connectivity index (χ4n) is 2.14. The van der Waals surface area contributed by atoms with Crippen LogP contribution < -0.4 is 5.32 Å². The van der Waals surface area contributed by atoms with Crippen LogP contribution in [0.1, 0.15) is 11.1 Å². The summed E-state index contributed by atoms with van der Waals surface area (Å²) >= 11 is 0. The van der Waals surface area contributed by atoms with E-state index >= 15 is 0 Å². The zero-order valence-electron chi connectivity index (χ0n) is 10.9. The van der Waals surface area contributed by atoms with Gasteiger partial charge in [0.2, 0.25) is 0 Å². The molecule has 96 valence electrons. The predicted octanol–water partition coefficient (Wildman–Crippen LogP) is 3.72. The molecule has 0 unspecified atom stereocenters. The molecule has 0 atom stereocenters. The Morgan fingerprint density at radius 2 is 2.00 bits per heavy atom. The van der Waals surface area contributed by atoms with Crippen molar-refractivity contribution in [2.75, 3.05) is 5.32 Å². The van der Waals surface area contributed by atoms with E-state index in [2.05, 4.69) is 34.6 Å². The van der Waals surface area contributed by atoms with Gasteiger partial charge in [-0.3, -0.25) is 4.98 Å². The molecule has 0 saturated heterocycles. The van der Waals surface area contributed by atoms with E-state index in [9.17, 15) is 0 Å². The average Bonchev–Trinajstić information content (AvgIpc) is 2.53. The third-order valence-electron chi connectivity index (χ3n) is 3.16. The maximum Gasteiger partial charge on any atom is 0.0992 e. The minimum absolute atomic E-state index is 0.665. The Balaban J connectivity index is 1.78. The molecule has 0 aliphatic rings. The summed E-state index contributed by atoms with van der Waals surface area (Å²) in [4.78, 5) is 4.31. The second kappa shape index (κ2) is 5.41. The Kier molecular flexibility index (Phi) is 3.30. The van der Waals surface area contributed by atoms with Crippen molar-refractivity contribution >= 4 is 16.6 Å². The van der Waals surface area contributed by atoms with Gasteiger partial charge in [0.1, 0.15) is 0 Å². The number of fused-ring (bicyclic) bond motifs is 1. The first-order valence-corrected chi connectivity index (χ1v) is 6.43. The molecule has 1 aromatic heterocycles. The van der Waals surface area contributed by atoms with Gasteiger partial charge >= 0.3 is 0 Å². The summed E-state index contributed by atoms with van der Waals surface area (Å²) in [5.41, 5.74) is 3.81. The van der Waals surface area contributed by atoms with Crippen LogP contribution in [-0.4, -0.2) is 4.98 Å². The Labute approximate surface area is 117 Å². The summed E-state index contributed by atoms with van der Waals surface area (Å²) in [6, 6.07) is 19.8. The first kappa shape index (κ1) is 12.2. The number of nitrogens with zero attached hydrogens (tertiary/aromatic N) is 2. The van der Waals surface area contributed by atoms with Gasteiger partial charge in [-0.1, -0.05) is 18.2 Å². The van der Waals surface area contributed by atoms with Gasteiger partial charge in [-0.2, -0.15) is 5.26 Å². The van der Waals surface area contributed by atoms with Crippen LogP contribution in [0.15, 0.2) is 60.8 Å². The number of nitrogens with one attached hydrogen (secondary N) is 1. The lowest BCUT2D eigenvalue weighted by Crippen LogP contribution is -1.99. The molecule has 0 radical (unpaired) electrons. The minimum Gasteiger partial charge on any atom is -0.381 e. The fourth-order valence-corrected chi connectivity index (χ4v) is 2.14. The van der Waals surface area contributed by atoms with Crippen molar-refractivity contribution in [2.24, 2.45) is 0 Å². The molecule has 0 spiro atoms. The van der Waals surface area contributed by atoms with Gasteiger partial charge < -0.3 is 5.32 Å². The van der Waals surface area contributed by atoms with Gasteiger partial charge in [0, 0.05) is 23.8 Å². The van der Waals surface area contributed by atoms with E-state index in [1.165, 1.54) is 5.56 Å². The van der Waals surface area contributed by atoms with Gasteiger partial charge in [-0.15, -0.1) is 0 Å². The van der Waals surface area contributed by atoms with Crippen LogP contribution in [0.3, 0.4) is 0 Å². The SMILES string of the molecule is N#Cc1cccc(NCc2ccc3ncccc3c2)c1. The highest BCUT2D eigenvalue weighted by Crippen LogP contribution is 2.15. The predicted molar refractivity (Wildman–Crippen MR) is 80.2 cm³/mol. The van der Waals surface area contributed by atoms with Gasteiger partial charge in [-0.05, 0) is 42.0 Å². The van der Waals surface area contributed by atoms with Crippen molar-refractivity contribution in [3.05, 3.63) is 71.9 Å². The smallest absolute Gasteiger partial charge is 0.0992 e. The molecule has 1 N–H and O–H groups in total. The molecule has 3 aromatic rings. The maximum atomic E-state index is 8.88. The number of rotatable bonds is 3. The van der Waals surface area contributed by atoms with E-state index in [-0.39, 0.29) is 0 Å². The maximum absolute atomic E-state index is 8.88. The number of aromatic nitrogens is 1. The average molecular weight is 259 g/mol. The Bertz CT molecular complexity index is 787. The van der Waals surface area contributed by atoms with Crippen molar-refractivity contribution in [1.29, 1.82) is 5.26 Å². The van der Waals surface area contributed by atoms with Crippen molar-refractivity contribution in [2.45, 2.75) is 6.54 Å². The summed E-state index contributed by atoms with van der Waals surface area (Å²) in [5, 5.41) is 13.3. The molecule has 3 nitrogen and oxygen atoms in total. The fraction of sp³-hybridized carbons (Fsp3) is 0.0588. The van der Waals surface area contributed by atoms with Crippen molar-refractivity contribution in [3.63, 3.8) is 0 Å². The minimum atomic E-state index is 0.665. The molecule has 0 aliphatic heterocycles. The second-order valence-corrected chi connectivity index (χ2v) is 4.58. The summed E-state index contributed by atoms with van der Waals surface area (Å²) < 4.78 is 0. The number of pyridine rings is 1. The lowest BCUT2D eigenvalue weighted by Gasteiger charge is -2.07. The van der Waals surface area contributed by atoms with Crippen LogP contribution in [0.25, 0.3) is 10.9 Å². The zero-order valence-corrected chi connectivity index (χ0v) is 10.9. The molecule has 1 heterocycles. The van der Waals surface area contributed by atoms with Crippen LogP contribution in [0.5, 0.6) is 0 Å². The lowest BCUT2D eigenvalue weighted by molar-refractivity contribution is 1.15. The Morgan fingerprint density at radius 1 is 1.05 bits per heavy atom. The van der Waals surface area contributed by atoms with E-state index in [0.717, 1.165) is 23.1 Å². The van der Waals surface area contributed by atoms with E-state index in [0.29, 0.717) is 5.56 Å². The molecule has 0 bridgehead atoms. The third-order valence-corrected chi connectivity index (χ3v) is 3.16. The Morgan fingerprint density at radius 3 is 2.90 bits per heavy atom. The van der Waals surface area contributed by atoms with Crippen molar-refractivity contribution in [3.8, 4) is 6.07 Å². The molecule has 0 aliphatic carbocycles. The van der Waals surface area contributed by atoms with Gasteiger partial charge in [-0.25, -0.2) is 0 Å². The molecule has 0 saturated carbocycles. The molecule has 20 heavy (non-hydrogen) atoms. The van der Waals surface area contributed by atoms with E-state index in [4.69, 9.17) is 5.26 Å². The standard InChI is InChI=1S/C17H13N3/c18-11-13-3-1-5-16(10-13)20-12-14-6-7-17-15(9-14)4-2-8-19-17/h1-10,20H,12H2. The molecular formula is C17H13N3. The lowest BCUT2D eigenvalue weighted by atomic mass is 10.1. The number of hydrogen-bond acceptors (Lipinski definition) is 3. The normalized spacial score (nSPS) is 10.2. The molecule has 3 heteroatoms. The van der Waals surface area contributed by atoms with Gasteiger partial charge in [0.15, 0.2) is 0 Å². The topological polar surface area (TPSA) is 48.7 Å². The van der Waals surface area contributed by atoms with Crippen molar-refractivity contribution in [1.82, 2.24) is 4.98 Å². The number of hydrogen-bond donors (Lipinski definition) is 1. The molecule has 0 amide bonds. The van der Waals surface area contributed by atoms with Crippen LogP contribution in [0, 0.1) is 11.3 Å². The quantitative estimate of drug-likeness (QED) is 0.779. The van der Waals surface area contributed by atoms with E-state index in [1.54, 1.807) is 12.3 Å². The highest BCUT2D eigenvalue weighted by molar-refractivity contribution is 5.79. The van der Waals surface area contributed by atoms with E-state index < -0.39 is 0 Å². The monoisotopic (exact) mass is 259 g/mol. The van der Waals surface area contributed by atoms with Crippen LogP contribution in [0.4, 0.5) is 5.69 Å². The summed E-state index contributed by atoms with van der Waals surface area (Å²) in [6.45, 7) is 0.722. The summed E-state index contributed by atoms with van der Waals surface area (Å²) in [6.07, 6.45) is 1.80. The number of anilines is 1. The Hall–Kier alpha value is -2.86. The highest BCUT2D eigenvalue weighted by Gasteiger charge is 1.98. The largest absolute Gasteiger partial charge is 0.381 e. The third kappa shape index (κ3) is 2.60. The highest BCUT2D eigenvalue weighted by atomic mass is 14.9. The van der Waals surface area contributed by atoms with Crippen LogP contribution in [0.2, 0.25) is 0 Å². The first-order chi connectivity index (χ1) is 9.85. The molecule has 0 fully saturated rings. The number of nitriles is 1. The first-order valence-electron chi connectivity index (χ1n) is 6.43. The van der Waals surface area contributed by atoms with E-state index in [1.807, 2.05) is 30.3 Å². The van der Waals surface area contributed by atoms with Crippen LogP contribution in [-0.2, 0) is 6.54 Å². The van der Waals surface area contributed by atoms with Gasteiger partial charge in [0.25, 0.3) is 0 Å². The molecular weight excluding hydrogens is 246 g/mol. The molecule has 2 aromatic carbocycles. The zero-order chi connectivity index (χ0) is 13.8. The number of benzene rings is 2.